The van der Waals surface area contributed by atoms with E-state index in [0.717, 1.165) is 23.1 Å². The van der Waals surface area contributed by atoms with E-state index >= 15 is 0 Å². The maximum absolute atomic E-state index is 4.53. The van der Waals surface area contributed by atoms with Crippen LogP contribution in [0.5, 0.6) is 0 Å². The van der Waals surface area contributed by atoms with Crippen molar-refractivity contribution in [3.8, 4) is 0 Å². The lowest BCUT2D eigenvalue weighted by Gasteiger charge is -2.20. The van der Waals surface area contributed by atoms with Gasteiger partial charge in [0.2, 0.25) is 5.16 Å². The number of rotatable bonds is 7. The summed E-state index contributed by atoms with van der Waals surface area (Å²) in [6.45, 7) is 10.8. The molecule has 1 aromatic carbocycles. The molecule has 0 aliphatic rings. The monoisotopic (exact) mass is 316 g/mol. The van der Waals surface area contributed by atoms with Crippen molar-refractivity contribution in [1.29, 1.82) is 0 Å². The average Bonchev–Trinajstić information content (AvgIpc) is 2.94. The zero-order valence-electron chi connectivity index (χ0n) is 13.7. The lowest BCUT2D eigenvalue weighted by Crippen LogP contribution is -2.19. The summed E-state index contributed by atoms with van der Waals surface area (Å²) in [5.74, 6) is 1.46. The Kier molecular flexibility index (Phi) is 5.66. The minimum Gasteiger partial charge on any atom is -0.330 e. The second-order valence-electron chi connectivity index (χ2n) is 5.84. The quantitative estimate of drug-likeness (QED) is 0.710. The molecule has 0 aliphatic heterocycles. The minimum atomic E-state index is 0.510. The Morgan fingerprint density at radius 3 is 2.59 bits per heavy atom. The smallest absolute Gasteiger partial charge is 0.209 e. The summed E-state index contributed by atoms with van der Waals surface area (Å²) in [6, 6.07) is 10.1. The van der Waals surface area contributed by atoms with E-state index in [4.69, 9.17) is 0 Å². The Balaban J connectivity index is 2.03. The highest BCUT2D eigenvalue weighted by Crippen LogP contribution is 2.25. The lowest BCUT2D eigenvalue weighted by atomic mass is 10.1. The molecule has 1 unspecified atom stereocenters. The summed E-state index contributed by atoms with van der Waals surface area (Å²) >= 11 is 1.71. The van der Waals surface area contributed by atoms with Crippen molar-refractivity contribution in [2.45, 2.75) is 37.6 Å². The fraction of sp³-hybridized carbons (Fsp3) is 0.412. The van der Waals surface area contributed by atoms with Gasteiger partial charge in [-0.3, -0.25) is 0 Å². The molecule has 0 saturated carbocycles. The van der Waals surface area contributed by atoms with Gasteiger partial charge in [0, 0.05) is 18.0 Å². The van der Waals surface area contributed by atoms with Gasteiger partial charge in [-0.2, -0.15) is 0 Å². The molecule has 0 radical (unpaired) electrons. The Hall–Kier alpha value is -1.75. The molecule has 0 aliphatic carbocycles. The second-order valence-corrected chi connectivity index (χ2v) is 7.25. The minimum absolute atomic E-state index is 0.510. The van der Waals surface area contributed by atoms with E-state index in [1.807, 2.05) is 42.3 Å². The topological polar surface area (TPSA) is 34.0 Å². The van der Waals surface area contributed by atoms with E-state index in [9.17, 15) is 0 Å². The number of nitrogens with zero attached hydrogens (tertiary/aromatic N) is 4. The van der Waals surface area contributed by atoms with Gasteiger partial charge in [0.05, 0.1) is 0 Å². The van der Waals surface area contributed by atoms with Crippen LogP contribution in [0.4, 0.5) is 5.69 Å². The van der Waals surface area contributed by atoms with Gasteiger partial charge in [0.1, 0.15) is 12.1 Å². The van der Waals surface area contributed by atoms with Crippen LogP contribution in [0.2, 0.25) is 0 Å². The van der Waals surface area contributed by atoms with Crippen molar-refractivity contribution in [2.75, 3.05) is 11.9 Å². The first-order chi connectivity index (χ1) is 10.5. The normalized spacial score (nSPS) is 12.4. The van der Waals surface area contributed by atoms with Gasteiger partial charge < -0.3 is 4.90 Å². The van der Waals surface area contributed by atoms with Crippen LogP contribution in [0, 0.1) is 5.92 Å². The number of benzene rings is 1. The Morgan fingerprint density at radius 1 is 1.27 bits per heavy atom. The van der Waals surface area contributed by atoms with E-state index in [-0.39, 0.29) is 0 Å². The van der Waals surface area contributed by atoms with Crippen molar-refractivity contribution < 1.29 is 0 Å². The number of para-hydroxylation sites is 1. The first-order valence-corrected chi connectivity index (χ1v) is 8.41. The Morgan fingerprint density at radius 2 is 1.95 bits per heavy atom. The Labute approximate surface area is 137 Å². The molecule has 0 N–H and O–H groups in total. The molecule has 2 rings (SSSR count). The maximum atomic E-state index is 4.53. The highest BCUT2D eigenvalue weighted by molar-refractivity contribution is 7.99. The van der Waals surface area contributed by atoms with E-state index in [1.54, 1.807) is 22.8 Å². The van der Waals surface area contributed by atoms with Gasteiger partial charge in [0.15, 0.2) is 0 Å². The molecule has 5 heteroatoms. The van der Waals surface area contributed by atoms with Gasteiger partial charge >= 0.3 is 0 Å². The Bertz CT molecular complexity index is 606. The van der Waals surface area contributed by atoms with Crippen LogP contribution in [-0.2, 0) is 0 Å². The number of anilines is 1. The van der Waals surface area contributed by atoms with Crippen molar-refractivity contribution in [3.63, 3.8) is 0 Å². The highest BCUT2D eigenvalue weighted by Gasteiger charge is 2.13. The highest BCUT2D eigenvalue weighted by atomic mass is 32.2. The molecule has 0 bridgehead atoms. The molecule has 1 atom stereocenters. The number of hydrogen-bond donors (Lipinski definition) is 0. The summed E-state index contributed by atoms with van der Waals surface area (Å²) in [5, 5.41) is 5.84. The molecule has 0 amide bonds. The first kappa shape index (κ1) is 16.6. The SMILES string of the molecule is C=C(N(C)c1ccccc1)n1cnc(SC(C)CC(C)C)n1. The maximum Gasteiger partial charge on any atom is 0.209 e. The largest absolute Gasteiger partial charge is 0.330 e. The predicted octanol–water partition coefficient (Wildman–Crippen LogP) is 4.37. The summed E-state index contributed by atoms with van der Waals surface area (Å²) in [7, 11) is 1.98. The summed E-state index contributed by atoms with van der Waals surface area (Å²) < 4.78 is 1.73. The number of hydrogen-bond acceptors (Lipinski definition) is 4. The van der Waals surface area contributed by atoms with E-state index in [1.165, 1.54) is 0 Å². The van der Waals surface area contributed by atoms with Crippen LogP contribution in [0.1, 0.15) is 27.2 Å². The van der Waals surface area contributed by atoms with Crippen LogP contribution in [0.15, 0.2) is 48.4 Å². The second kappa shape index (κ2) is 7.49. The third-order valence-electron chi connectivity index (χ3n) is 3.38. The molecule has 1 aromatic heterocycles. The van der Waals surface area contributed by atoms with Gasteiger partial charge in [0.25, 0.3) is 0 Å². The van der Waals surface area contributed by atoms with Crippen LogP contribution in [0.25, 0.3) is 5.82 Å². The third-order valence-corrected chi connectivity index (χ3v) is 4.37. The molecule has 1 heterocycles. The van der Waals surface area contributed by atoms with E-state index in [2.05, 4.69) is 37.4 Å². The zero-order chi connectivity index (χ0) is 16.1. The molecule has 0 spiro atoms. The molecule has 2 aromatic rings. The standard InChI is InChI=1S/C17H24N4S/c1-13(2)11-14(3)22-17-18-12-21(19-17)15(4)20(5)16-9-7-6-8-10-16/h6-10,12-14H,4,11H2,1-3,5H3. The average molecular weight is 316 g/mol. The molecule has 0 fully saturated rings. The fourth-order valence-corrected chi connectivity index (χ4v) is 3.36. The van der Waals surface area contributed by atoms with Gasteiger partial charge in [-0.25, -0.2) is 9.67 Å². The van der Waals surface area contributed by atoms with Gasteiger partial charge in [-0.05, 0) is 24.5 Å². The zero-order valence-corrected chi connectivity index (χ0v) is 14.5. The van der Waals surface area contributed by atoms with Crippen molar-refractivity contribution >= 4 is 23.3 Å². The molecular weight excluding hydrogens is 292 g/mol. The fourth-order valence-electron chi connectivity index (χ4n) is 2.27. The first-order valence-electron chi connectivity index (χ1n) is 7.53. The van der Waals surface area contributed by atoms with Crippen molar-refractivity contribution in [2.24, 2.45) is 5.92 Å². The van der Waals surface area contributed by atoms with E-state index < -0.39 is 0 Å². The number of thioether (sulfide) groups is 1. The van der Waals surface area contributed by atoms with Gasteiger partial charge in [-0.15, -0.1) is 5.10 Å². The van der Waals surface area contributed by atoms with Crippen molar-refractivity contribution in [3.05, 3.63) is 43.2 Å². The van der Waals surface area contributed by atoms with Gasteiger partial charge in [-0.1, -0.05) is 57.3 Å². The summed E-state index contributed by atoms with van der Waals surface area (Å²) in [5.41, 5.74) is 1.07. The predicted molar refractivity (Wildman–Crippen MR) is 95.0 cm³/mol. The summed E-state index contributed by atoms with van der Waals surface area (Å²) in [6.07, 6.45) is 2.89. The van der Waals surface area contributed by atoms with E-state index in [0.29, 0.717) is 11.2 Å². The molecular formula is C17H24N4S. The molecule has 118 valence electrons. The molecule has 0 saturated heterocycles. The summed E-state index contributed by atoms with van der Waals surface area (Å²) in [4.78, 5) is 6.39. The van der Waals surface area contributed by atoms with Crippen molar-refractivity contribution in [1.82, 2.24) is 14.8 Å². The van der Waals surface area contributed by atoms with Crippen LogP contribution >= 0.6 is 11.8 Å². The van der Waals surface area contributed by atoms with Crippen LogP contribution in [-0.4, -0.2) is 27.1 Å². The molecule has 4 nitrogen and oxygen atoms in total. The third kappa shape index (κ3) is 4.37. The number of aromatic nitrogens is 3. The van der Waals surface area contributed by atoms with Crippen LogP contribution in [0.3, 0.4) is 0 Å². The molecule has 22 heavy (non-hydrogen) atoms. The lowest BCUT2D eigenvalue weighted by molar-refractivity contribution is 0.584. The van der Waals surface area contributed by atoms with Crippen LogP contribution < -0.4 is 4.90 Å².